The van der Waals surface area contributed by atoms with E-state index >= 15 is 0 Å². The summed E-state index contributed by atoms with van der Waals surface area (Å²) in [6, 6.07) is 11.1. The predicted molar refractivity (Wildman–Crippen MR) is 115 cm³/mol. The van der Waals surface area contributed by atoms with Crippen molar-refractivity contribution in [2.75, 3.05) is 11.4 Å². The lowest BCUT2D eigenvalue weighted by atomic mass is 9.89. The van der Waals surface area contributed by atoms with E-state index in [1.165, 1.54) is 12.1 Å². The second kappa shape index (κ2) is 7.13. The first-order chi connectivity index (χ1) is 15.4. The highest BCUT2D eigenvalue weighted by molar-refractivity contribution is 6.29. The number of carbonyl (C=O) groups excluding carboxylic acids is 2. The Labute approximate surface area is 183 Å². The molecule has 0 saturated carbocycles. The number of rotatable bonds is 1. The third-order valence-corrected chi connectivity index (χ3v) is 5.94. The quantitative estimate of drug-likeness (QED) is 0.664. The molecule has 158 valence electrons. The zero-order valence-corrected chi connectivity index (χ0v) is 17.1. The topological polar surface area (TPSA) is 111 Å². The number of anilines is 1. The molecule has 7 nitrogen and oxygen atoms in total. The van der Waals surface area contributed by atoms with Crippen molar-refractivity contribution in [1.29, 1.82) is 5.26 Å². The van der Waals surface area contributed by atoms with E-state index in [9.17, 15) is 19.8 Å². The van der Waals surface area contributed by atoms with E-state index in [1.807, 2.05) is 19.1 Å². The Morgan fingerprint density at radius 2 is 1.69 bits per heavy atom. The van der Waals surface area contributed by atoms with Crippen LogP contribution in [-0.2, 0) is 4.74 Å². The number of hydrogen-bond donors (Lipinski definition) is 2. The molecule has 0 bridgehead atoms. The molecule has 2 aliphatic carbocycles. The molecule has 0 aromatic heterocycles. The summed E-state index contributed by atoms with van der Waals surface area (Å²) >= 11 is 0. The second-order valence-electron chi connectivity index (χ2n) is 7.97. The number of Topliss-reactive ketones (excluding diaryl/α,β-unsaturated/α-hetero) is 2. The van der Waals surface area contributed by atoms with Crippen LogP contribution < -0.4 is 4.90 Å². The molecule has 2 aromatic carbocycles. The first-order valence-electron chi connectivity index (χ1n) is 10.1. The van der Waals surface area contributed by atoms with Gasteiger partial charge in [-0.1, -0.05) is 19.1 Å². The van der Waals surface area contributed by atoms with Crippen LogP contribution in [0.2, 0.25) is 0 Å². The fourth-order valence-corrected chi connectivity index (χ4v) is 4.34. The molecule has 32 heavy (non-hydrogen) atoms. The van der Waals surface area contributed by atoms with E-state index in [1.54, 1.807) is 29.2 Å². The lowest BCUT2D eigenvalue weighted by molar-refractivity contribution is 0.0897. The molecular weight excluding hydrogens is 408 g/mol. The van der Waals surface area contributed by atoms with Gasteiger partial charge in [0.1, 0.15) is 23.0 Å². The summed E-state index contributed by atoms with van der Waals surface area (Å²) < 4.78 is 6.11. The van der Waals surface area contributed by atoms with Crippen LogP contribution in [-0.4, -0.2) is 28.3 Å². The van der Waals surface area contributed by atoms with Crippen molar-refractivity contribution in [1.82, 2.24) is 0 Å². The highest BCUT2D eigenvalue weighted by atomic mass is 16.5. The Morgan fingerprint density at radius 3 is 2.34 bits per heavy atom. The van der Waals surface area contributed by atoms with E-state index in [-0.39, 0.29) is 35.0 Å². The number of ether oxygens (including phenoxy) is 1. The molecule has 2 N–H and O–H groups in total. The lowest BCUT2D eigenvalue weighted by Gasteiger charge is -2.29. The van der Waals surface area contributed by atoms with Crippen LogP contribution in [0.3, 0.4) is 0 Å². The number of phenols is 2. The van der Waals surface area contributed by atoms with Crippen LogP contribution in [0.4, 0.5) is 5.69 Å². The first kappa shape index (κ1) is 19.6. The van der Waals surface area contributed by atoms with Gasteiger partial charge in [0, 0.05) is 17.2 Å². The van der Waals surface area contributed by atoms with Gasteiger partial charge in [-0.15, -0.1) is 0 Å². The minimum atomic E-state index is -0.669. The van der Waals surface area contributed by atoms with E-state index in [0.29, 0.717) is 17.0 Å². The number of hydrogen-bond acceptors (Lipinski definition) is 7. The van der Waals surface area contributed by atoms with Gasteiger partial charge in [0.05, 0.1) is 29.3 Å². The Bertz CT molecular complexity index is 1330. The molecule has 1 atom stereocenters. The zero-order chi connectivity index (χ0) is 22.6. The van der Waals surface area contributed by atoms with Gasteiger partial charge in [-0.3, -0.25) is 9.59 Å². The van der Waals surface area contributed by atoms with E-state index in [2.05, 4.69) is 6.07 Å². The van der Waals surface area contributed by atoms with Crippen LogP contribution in [0.25, 0.3) is 0 Å². The average Bonchev–Trinajstić information content (AvgIpc) is 2.97. The van der Waals surface area contributed by atoms with Gasteiger partial charge in [0.25, 0.3) is 0 Å². The number of nitriles is 1. The maximum absolute atomic E-state index is 13.6. The normalized spacial score (nSPS) is 19.6. The van der Waals surface area contributed by atoms with Crippen molar-refractivity contribution in [2.24, 2.45) is 5.92 Å². The fraction of sp³-hybridized carbons (Fsp3) is 0.160. The van der Waals surface area contributed by atoms with Gasteiger partial charge in [0.2, 0.25) is 17.3 Å². The largest absolute Gasteiger partial charge is 0.507 e. The van der Waals surface area contributed by atoms with Gasteiger partial charge in [-0.2, -0.15) is 5.26 Å². The maximum atomic E-state index is 13.6. The SMILES string of the molecule is CC1CC=CC2=C1OC1=C(C(=O)c3c(O)ccc(O)c3C1=O)N(c1ccc(C#N)cc1)C2. The molecule has 0 fully saturated rings. The van der Waals surface area contributed by atoms with Crippen molar-refractivity contribution < 1.29 is 24.5 Å². The second-order valence-corrected chi connectivity index (χ2v) is 7.97. The summed E-state index contributed by atoms with van der Waals surface area (Å²) in [5, 5.41) is 29.8. The van der Waals surface area contributed by atoms with Crippen molar-refractivity contribution in [3.63, 3.8) is 0 Å². The summed E-state index contributed by atoms with van der Waals surface area (Å²) in [5.41, 5.74) is 1.34. The van der Waals surface area contributed by atoms with Crippen LogP contribution in [0.1, 0.15) is 39.6 Å². The standard InChI is InChI=1S/C25H18N2O5/c1-13-3-2-4-15-12-27(16-7-5-14(11-26)6-8-16)21-22(30)19-17(28)9-10-18(29)20(19)23(31)25(21)32-24(13)15/h2,4-10,13,28-29H,3,12H2,1H3. The Kier molecular flexibility index (Phi) is 4.38. The number of ketones is 2. The van der Waals surface area contributed by atoms with Crippen molar-refractivity contribution in [2.45, 2.75) is 13.3 Å². The predicted octanol–water partition coefficient (Wildman–Crippen LogP) is 3.95. The molecule has 0 saturated heterocycles. The number of fused-ring (bicyclic) bond motifs is 1. The van der Waals surface area contributed by atoms with E-state index < -0.39 is 23.1 Å². The summed E-state index contributed by atoms with van der Waals surface area (Å²) in [4.78, 5) is 28.7. The fourth-order valence-electron chi connectivity index (χ4n) is 4.34. The number of benzene rings is 2. The molecule has 7 heteroatoms. The Morgan fingerprint density at radius 1 is 1.03 bits per heavy atom. The highest BCUT2D eigenvalue weighted by Crippen LogP contribution is 2.43. The number of phenolic OH excluding ortho intramolecular Hbond substituents is 2. The minimum absolute atomic E-state index is 0.00765. The van der Waals surface area contributed by atoms with Crippen LogP contribution >= 0.6 is 0 Å². The van der Waals surface area contributed by atoms with Gasteiger partial charge in [0.15, 0.2) is 0 Å². The molecule has 0 spiro atoms. The lowest BCUT2D eigenvalue weighted by Crippen LogP contribution is -2.34. The molecular formula is C25H18N2O5. The van der Waals surface area contributed by atoms with Crippen LogP contribution in [0, 0.1) is 17.2 Å². The summed E-state index contributed by atoms with van der Waals surface area (Å²) in [7, 11) is 0. The molecule has 1 aliphatic heterocycles. The summed E-state index contributed by atoms with van der Waals surface area (Å²) in [6.45, 7) is 2.23. The highest BCUT2D eigenvalue weighted by Gasteiger charge is 2.43. The molecule has 5 rings (SSSR count). The summed E-state index contributed by atoms with van der Waals surface area (Å²) in [5.74, 6) is -1.67. The molecule has 0 radical (unpaired) electrons. The van der Waals surface area contributed by atoms with Gasteiger partial charge >= 0.3 is 0 Å². The molecule has 0 amide bonds. The molecule has 3 aliphatic rings. The van der Waals surface area contributed by atoms with Gasteiger partial charge in [-0.25, -0.2) is 0 Å². The summed E-state index contributed by atoms with van der Waals surface area (Å²) in [6.07, 6.45) is 4.66. The van der Waals surface area contributed by atoms with E-state index in [0.717, 1.165) is 12.0 Å². The van der Waals surface area contributed by atoms with Crippen molar-refractivity contribution in [3.8, 4) is 17.6 Å². The van der Waals surface area contributed by atoms with Crippen LogP contribution in [0.15, 0.2) is 71.3 Å². The Hall–Kier alpha value is -4.31. The van der Waals surface area contributed by atoms with Crippen molar-refractivity contribution >= 4 is 17.3 Å². The number of allylic oxidation sites excluding steroid dienone is 4. The Balaban J connectivity index is 1.76. The van der Waals surface area contributed by atoms with Gasteiger partial charge < -0.3 is 19.8 Å². The number of carbonyl (C=O) groups is 2. The molecule has 1 heterocycles. The number of nitrogens with zero attached hydrogens (tertiary/aromatic N) is 2. The minimum Gasteiger partial charge on any atom is -0.507 e. The van der Waals surface area contributed by atoms with Gasteiger partial charge in [-0.05, 0) is 42.8 Å². The van der Waals surface area contributed by atoms with Crippen molar-refractivity contribution in [3.05, 3.63) is 88.0 Å². The zero-order valence-electron chi connectivity index (χ0n) is 17.1. The number of aromatic hydroxyl groups is 2. The molecule has 2 aromatic rings. The van der Waals surface area contributed by atoms with Crippen LogP contribution in [0.5, 0.6) is 11.5 Å². The monoisotopic (exact) mass is 426 g/mol. The third-order valence-electron chi connectivity index (χ3n) is 5.94. The first-order valence-corrected chi connectivity index (χ1v) is 10.1. The smallest absolute Gasteiger partial charge is 0.235 e. The average molecular weight is 426 g/mol. The molecule has 1 unspecified atom stereocenters. The van der Waals surface area contributed by atoms with E-state index in [4.69, 9.17) is 10.00 Å². The maximum Gasteiger partial charge on any atom is 0.235 e. The third kappa shape index (κ3) is 2.81.